The van der Waals surface area contributed by atoms with Gasteiger partial charge in [-0.2, -0.15) is 0 Å². The van der Waals surface area contributed by atoms with E-state index in [0.717, 1.165) is 0 Å². The monoisotopic (exact) mass is 428 g/mol. The van der Waals surface area contributed by atoms with Gasteiger partial charge in [-0.3, -0.25) is 20.2 Å². The molecule has 1 aliphatic heterocycles. The summed E-state index contributed by atoms with van der Waals surface area (Å²) in [5, 5.41) is 12.8. The summed E-state index contributed by atoms with van der Waals surface area (Å²) in [6.07, 6.45) is -1.69. The molecule has 31 heavy (non-hydrogen) atoms. The van der Waals surface area contributed by atoms with E-state index < -0.39 is 34.6 Å². The smallest absolute Gasteiger partial charge is 0.418 e. The summed E-state index contributed by atoms with van der Waals surface area (Å²) in [6.45, 7) is -0.296. The Kier molecular flexibility index (Phi) is 6.24. The summed E-state index contributed by atoms with van der Waals surface area (Å²) in [4.78, 5) is 58.5. The van der Waals surface area contributed by atoms with Crippen molar-refractivity contribution in [1.82, 2.24) is 5.32 Å². The van der Waals surface area contributed by atoms with Gasteiger partial charge in [-0.1, -0.05) is 18.2 Å². The van der Waals surface area contributed by atoms with Crippen molar-refractivity contribution in [1.29, 1.82) is 0 Å². The van der Waals surface area contributed by atoms with Crippen LogP contribution in [0.1, 0.15) is 28.8 Å². The molecule has 0 bridgehead atoms. The van der Waals surface area contributed by atoms with Gasteiger partial charge in [0.05, 0.1) is 16.9 Å². The highest BCUT2D eigenvalue weighted by Crippen LogP contribution is 2.26. The highest BCUT2D eigenvalue weighted by atomic mass is 16.6. The molecular formula is C20H16N2O9. The second-order valence-corrected chi connectivity index (χ2v) is 6.47. The molecule has 3 rings (SSSR count). The second-order valence-electron chi connectivity index (χ2n) is 6.47. The van der Waals surface area contributed by atoms with Crippen molar-refractivity contribution in [3.8, 4) is 0 Å². The molecular weight excluding hydrogens is 412 g/mol. The van der Waals surface area contributed by atoms with Crippen molar-refractivity contribution < 1.29 is 38.3 Å². The first-order valence-electron chi connectivity index (χ1n) is 9.01. The third-order valence-electron chi connectivity index (χ3n) is 4.31. The van der Waals surface area contributed by atoms with E-state index in [0.29, 0.717) is 5.56 Å². The molecule has 1 aliphatic rings. The SMILES string of the molecule is O=C1CCC(NC(=O)OC(=O)c2ccccc2)(C(=O)OCc2ccc([N+](=O)[O-])cc2)O1. The van der Waals surface area contributed by atoms with E-state index in [1.165, 1.54) is 36.4 Å². The largest absolute Gasteiger partial charge is 0.456 e. The van der Waals surface area contributed by atoms with Gasteiger partial charge in [-0.05, 0) is 29.8 Å². The molecule has 11 heteroatoms. The van der Waals surface area contributed by atoms with Crippen LogP contribution in [-0.4, -0.2) is 34.6 Å². The third-order valence-corrected chi connectivity index (χ3v) is 4.31. The van der Waals surface area contributed by atoms with E-state index in [4.69, 9.17) is 9.47 Å². The number of esters is 3. The molecule has 160 valence electrons. The van der Waals surface area contributed by atoms with E-state index in [1.54, 1.807) is 18.2 Å². The molecule has 0 aliphatic carbocycles. The lowest BCUT2D eigenvalue weighted by Crippen LogP contribution is -2.55. The molecule has 2 aromatic rings. The zero-order chi connectivity index (χ0) is 22.4. The zero-order valence-corrected chi connectivity index (χ0v) is 15.9. The molecule has 1 atom stereocenters. The molecule has 0 aromatic heterocycles. The molecule has 1 fully saturated rings. The maximum absolute atomic E-state index is 12.6. The first kappa shape index (κ1) is 21.4. The number of hydrogen-bond acceptors (Lipinski definition) is 9. The number of hydrogen-bond donors (Lipinski definition) is 1. The third kappa shape index (κ3) is 5.21. The minimum atomic E-state index is -2.15. The first-order chi connectivity index (χ1) is 14.8. The van der Waals surface area contributed by atoms with Gasteiger partial charge >= 0.3 is 24.0 Å². The number of nitro benzene ring substituents is 1. The summed E-state index contributed by atoms with van der Waals surface area (Å²) < 4.78 is 14.8. The predicted octanol–water partition coefficient (Wildman–Crippen LogP) is 2.24. The highest BCUT2D eigenvalue weighted by molar-refractivity contribution is 5.98. The number of benzene rings is 2. The van der Waals surface area contributed by atoms with E-state index in [-0.39, 0.29) is 30.7 Å². The molecule has 2 aromatic carbocycles. The molecule has 11 nitrogen and oxygen atoms in total. The quantitative estimate of drug-likeness (QED) is 0.240. The number of rotatable bonds is 6. The Labute approximate surface area is 175 Å². The average molecular weight is 428 g/mol. The summed E-state index contributed by atoms with van der Waals surface area (Å²) in [5.74, 6) is -2.79. The van der Waals surface area contributed by atoms with E-state index in [2.05, 4.69) is 10.1 Å². The number of non-ortho nitro benzene ring substituents is 1. The van der Waals surface area contributed by atoms with Crippen molar-refractivity contribution in [3.05, 3.63) is 75.8 Å². The molecule has 0 saturated carbocycles. The fourth-order valence-corrected chi connectivity index (χ4v) is 2.74. The maximum Gasteiger partial charge on any atom is 0.418 e. The standard InChI is InChI=1S/C20H16N2O9/c23-16-10-11-20(31-16,21-19(26)30-17(24)14-4-2-1-3-5-14)18(25)29-12-13-6-8-15(9-7-13)22(27)28/h1-9H,10-12H2,(H,21,26). The Morgan fingerprint density at radius 1 is 1.10 bits per heavy atom. The number of alkyl carbamates (subject to hydrolysis) is 1. The van der Waals surface area contributed by atoms with E-state index >= 15 is 0 Å². The van der Waals surface area contributed by atoms with E-state index in [1.807, 2.05) is 0 Å². The van der Waals surface area contributed by atoms with Gasteiger partial charge in [0.2, 0.25) is 0 Å². The van der Waals surface area contributed by atoms with Crippen molar-refractivity contribution in [2.75, 3.05) is 0 Å². The number of cyclic esters (lactones) is 1. The van der Waals surface area contributed by atoms with Crippen LogP contribution >= 0.6 is 0 Å². The van der Waals surface area contributed by atoms with Gasteiger partial charge in [0.25, 0.3) is 11.4 Å². The normalized spacial score (nSPS) is 17.4. The number of ether oxygens (including phenoxy) is 3. The van der Waals surface area contributed by atoms with Crippen molar-refractivity contribution in [3.63, 3.8) is 0 Å². The summed E-state index contributed by atoms with van der Waals surface area (Å²) in [5.41, 5.74) is -1.74. The van der Waals surface area contributed by atoms with Crippen LogP contribution in [0, 0.1) is 10.1 Å². The van der Waals surface area contributed by atoms with Crippen molar-refractivity contribution in [2.24, 2.45) is 0 Å². The van der Waals surface area contributed by atoms with Gasteiger partial charge in [0.1, 0.15) is 6.61 Å². The molecule has 1 saturated heterocycles. The zero-order valence-electron chi connectivity index (χ0n) is 15.9. The highest BCUT2D eigenvalue weighted by Gasteiger charge is 2.51. The fraction of sp³-hybridized carbons (Fsp3) is 0.200. The summed E-state index contributed by atoms with van der Waals surface area (Å²) in [6, 6.07) is 12.9. The molecule has 0 spiro atoms. The van der Waals surface area contributed by atoms with Gasteiger partial charge in [-0.25, -0.2) is 14.4 Å². The number of nitrogens with one attached hydrogen (secondary N) is 1. The number of carbonyl (C=O) groups excluding carboxylic acids is 4. The van der Waals surface area contributed by atoms with Gasteiger partial charge in [0, 0.05) is 18.6 Å². The van der Waals surface area contributed by atoms with Gasteiger partial charge in [0.15, 0.2) is 0 Å². The minimum absolute atomic E-state index is 0.107. The number of nitrogens with zero attached hydrogens (tertiary/aromatic N) is 1. The predicted molar refractivity (Wildman–Crippen MR) is 101 cm³/mol. The lowest BCUT2D eigenvalue weighted by atomic mass is 10.1. The Morgan fingerprint density at radius 2 is 1.77 bits per heavy atom. The summed E-state index contributed by atoms with van der Waals surface area (Å²) in [7, 11) is 0. The van der Waals surface area contributed by atoms with Crippen LogP contribution in [0.2, 0.25) is 0 Å². The fourth-order valence-electron chi connectivity index (χ4n) is 2.74. The van der Waals surface area contributed by atoms with Crippen LogP contribution in [0.25, 0.3) is 0 Å². The van der Waals surface area contributed by atoms with Crippen LogP contribution in [-0.2, 0) is 30.4 Å². The molecule has 0 radical (unpaired) electrons. The molecule has 1 amide bonds. The molecule has 1 unspecified atom stereocenters. The van der Waals surface area contributed by atoms with Crippen LogP contribution in [0.3, 0.4) is 0 Å². The Morgan fingerprint density at radius 3 is 2.35 bits per heavy atom. The minimum Gasteiger partial charge on any atom is -0.456 e. The van der Waals surface area contributed by atoms with Gasteiger partial charge < -0.3 is 14.2 Å². The lowest BCUT2D eigenvalue weighted by Gasteiger charge is -2.25. The first-order valence-corrected chi connectivity index (χ1v) is 9.01. The maximum atomic E-state index is 12.6. The Bertz CT molecular complexity index is 1020. The number of carbonyl (C=O) groups is 4. The van der Waals surface area contributed by atoms with Crippen LogP contribution in [0.15, 0.2) is 54.6 Å². The Hall–Kier alpha value is -4.28. The number of nitro groups is 1. The van der Waals surface area contributed by atoms with Crippen LogP contribution < -0.4 is 5.32 Å². The topological polar surface area (TPSA) is 151 Å². The van der Waals surface area contributed by atoms with Crippen LogP contribution in [0.5, 0.6) is 0 Å². The molecule has 1 N–H and O–H groups in total. The lowest BCUT2D eigenvalue weighted by molar-refractivity contribution is -0.384. The van der Waals surface area contributed by atoms with Crippen molar-refractivity contribution >= 4 is 29.7 Å². The van der Waals surface area contributed by atoms with Crippen LogP contribution in [0.4, 0.5) is 10.5 Å². The van der Waals surface area contributed by atoms with Gasteiger partial charge in [-0.15, -0.1) is 0 Å². The van der Waals surface area contributed by atoms with E-state index in [9.17, 15) is 29.3 Å². The average Bonchev–Trinajstić information content (AvgIpc) is 3.14. The summed E-state index contributed by atoms with van der Waals surface area (Å²) >= 11 is 0. The number of amides is 1. The van der Waals surface area contributed by atoms with Crippen molar-refractivity contribution in [2.45, 2.75) is 25.2 Å². The second kappa shape index (κ2) is 9.03. The molecule has 1 heterocycles. The Balaban J connectivity index is 1.64.